The predicted octanol–water partition coefficient (Wildman–Crippen LogP) is 3.49. The molecule has 3 rings (SSSR count). The van der Waals surface area contributed by atoms with Gasteiger partial charge in [-0.05, 0) is 34.2 Å². The van der Waals surface area contributed by atoms with E-state index in [0.717, 1.165) is 11.4 Å². The normalized spacial score (nSPS) is 11.1. The van der Waals surface area contributed by atoms with Crippen LogP contribution in [0.4, 0.5) is 11.6 Å². The topological polar surface area (TPSA) is 112 Å². The van der Waals surface area contributed by atoms with Crippen molar-refractivity contribution in [2.24, 2.45) is 0 Å². The Morgan fingerprint density at radius 3 is 2.59 bits per heavy atom. The van der Waals surface area contributed by atoms with Crippen molar-refractivity contribution in [2.45, 2.75) is 26.2 Å². The zero-order valence-electron chi connectivity index (χ0n) is 16.3. The molecule has 1 N–H and O–H groups in total. The Labute approximate surface area is 167 Å². The van der Waals surface area contributed by atoms with E-state index >= 15 is 0 Å². The highest BCUT2D eigenvalue weighted by Gasteiger charge is 2.22. The maximum absolute atomic E-state index is 12.4. The van der Waals surface area contributed by atoms with E-state index in [1.54, 1.807) is 10.7 Å². The molecule has 0 aliphatic heterocycles. The van der Waals surface area contributed by atoms with Gasteiger partial charge < -0.3 is 20.2 Å². The number of hydrogen-bond acceptors (Lipinski definition) is 6. The Bertz CT molecular complexity index is 1020. The second-order valence-corrected chi connectivity index (χ2v) is 7.33. The van der Waals surface area contributed by atoms with Gasteiger partial charge in [-0.3, -0.25) is 4.79 Å². The molecular weight excluding hydrogens is 374 g/mol. The number of carbonyl (C=O) groups is 1. The van der Waals surface area contributed by atoms with Crippen molar-refractivity contribution in [1.29, 1.82) is 0 Å². The smallest absolute Gasteiger partial charge is 0.406 e. The van der Waals surface area contributed by atoms with E-state index in [1.165, 1.54) is 18.3 Å². The van der Waals surface area contributed by atoms with Crippen LogP contribution in [0.1, 0.15) is 26.5 Å². The molecule has 3 aromatic rings. The Kier molecular flexibility index (Phi) is 5.58. The molecule has 1 amide bonds. The summed E-state index contributed by atoms with van der Waals surface area (Å²) >= 11 is 0. The number of aromatic nitrogens is 3. The zero-order chi connectivity index (χ0) is 21.0. The first-order valence-corrected chi connectivity index (χ1v) is 8.94. The van der Waals surface area contributed by atoms with Crippen LogP contribution in [-0.4, -0.2) is 32.2 Å². The quantitative estimate of drug-likeness (QED) is 0.505. The highest BCUT2D eigenvalue weighted by molar-refractivity contribution is 5.91. The first-order valence-electron chi connectivity index (χ1n) is 8.94. The first-order chi connectivity index (χ1) is 13.8. The van der Waals surface area contributed by atoms with Crippen molar-refractivity contribution < 1.29 is 14.5 Å². The molecule has 0 saturated carbocycles. The van der Waals surface area contributed by atoms with Gasteiger partial charge in [0.2, 0.25) is 5.75 Å². The molecule has 0 bridgehead atoms. The van der Waals surface area contributed by atoms with Crippen LogP contribution in [0, 0.1) is 10.1 Å². The van der Waals surface area contributed by atoms with Crippen molar-refractivity contribution in [2.75, 3.05) is 11.9 Å². The van der Waals surface area contributed by atoms with E-state index in [4.69, 9.17) is 4.74 Å². The maximum atomic E-state index is 12.4. The molecule has 0 atom stereocenters. The standard InChI is InChI=1S/C20H21N5O4/c1-20(2,3)16-12-17(24(23-16)14-8-5-4-6-9-14)22-18(26)13-29-15-10-7-11-21-19(15)25(27)28/h4-12H,13H2,1-3H3,(H,22,26). The van der Waals surface area contributed by atoms with E-state index < -0.39 is 23.3 Å². The van der Waals surface area contributed by atoms with Gasteiger partial charge in [-0.1, -0.05) is 39.0 Å². The average molecular weight is 395 g/mol. The first kappa shape index (κ1) is 20.0. The number of pyridine rings is 1. The fraction of sp³-hybridized carbons (Fsp3) is 0.250. The summed E-state index contributed by atoms with van der Waals surface area (Å²) < 4.78 is 6.95. The molecule has 0 unspecified atom stereocenters. The van der Waals surface area contributed by atoms with Gasteiger partial charge in [-0.2, -0.15) is 5.10 Å². The maximum Gasteiger partial charge on any atom is 0.406 e. The van der Waals surface area contributed by atoms with Gasteiger partial charge in [0, 0.05) is 11.5 Å². The predicted molar refractivity (Wildman–Crippen MR) is 107 cm³/mol. The summed E-state index contributed by atoms with van der Waals surface area (Å²) in [5.74, 6) is -0.500. The molecule has 0 saturated heterocycles. The van der Waals surface area contributed by atoms with Crippen molar-refractivity contribution in [3.63, 3.8) is 0 Å². The van der Waals surface area contributed by atoms with Crippen LogP contribution in [0.25, 0.3) is 5.69 Å². The van der Waals surface area contributed by atoms with Gasteiger partial charge >= 0.3 is 5.82 Å². The number of para-hydroxylation sites is 1. The summed E-state index contributed by atoms with van der Waals surface area (Å²) in [7, 11) is 0. The molecule has 0 aliphatic rings. The summed E-state index contributed by atoms with van der Waals surface area (Å²) in [6.45, 7) is 5.68. The van der Waals surface area contributed by atoms with E-state index in [2.05, 4.69) is 15.4 Å². The van der Waals surface area contributed by atoms with Gasteiger partial charge in [0.05, 0.1) is 11.4 Å². The third kappa shape index (κ3) is 4.75. The number of ether oxygens (including phenoxy) is 1. The molecule has 150 valence electrons. The van der Waals surface area contributed by atoms with Crippen molar-refractivity contribution >= 4 is 17.5 Å². The second kappa shape index (κ2) is 8.09. The lowest BCUT2D eigenvalue weighted by atomic mass is 9.92. The van der Waals surface area contributed by atoms with Gasteiger partial charge in [0.15, 0.2) is 6.61 Å². The van der Waals surface area contributed by atoms with Crippen molar-refractivity contribution in [3.8, 4) is 11.4 Å². The molecule has 0 fully saturated rings. The van der Waals surface area contributed by atoms with Crippen molar-refractivity contribution in [3.05, 3.63) is 70.5 Å². The molecule has 0 aliphatic carbocycles. The largest absolute Gasteiger partial charge is 0.476 e. The number of nitrogens with one attached hydrogen (secondary N) is 1. The average Bonchev–Trinajstić information content (AvgIpc) is 3.11. The van der Waals surface area contributed by atoms with Crippen LogP contribution in [0.3, 0.4) is 0 Å². The fourth-order valence-electron chi connectivity index (χ4n) is 2.56. The molecule has 0 radical (unpaired) electrons. The van der Waals surface area contributed by atoms with Gasteiger partial charge in [0.25, 0.3) is 5.91 Å². The number of nitrogens with zero attached hydrogens (tertiary/aromatic N) is 4. The van der Waals surface area contributed by atoms with Crippen LogP contribution >= 0.6 is 0 Å². The van der Waals surface area contributed by atoms with Crippen LogP contribution in [0.15, 0.2) is 54.7 Å². The summed E-state index contributed by atoms with van der Waals surface area (Å²) in [4.78, 5) is 26.4. The summed E-state index contributed by atoms with van der Waals surface area (Å²) in [5.41, 5.74) is 1.38. The van der Waals surface area contributed by atoms with E-state index in [9.17, 15) is 14.9 Å². The molecule has 9 heteroatoms. The molecule has 0 spiro atoms. The minimum atomic E-state index is -0.659. The Balaban J connectivity index is 1.80. The Morgan fingerprint density at radius 2 is 1.93 bits per heavy atom. The third-order valence-corrected chi connectivity index (χ3v) is 4.03. The molecule has 9 nitrogen and oxygen atoms in total. The van der Waals surface area contributed by atoms with E-state index in [1.807, 2.05) is 51.1 Å². The van der Waals surface area contributed by atoms with Crippen LogP contribution in [0.2, 0.25) is 0 Å². The number of hydrogen-bond donors (Lipinski definition) is 1. The lowest BCUT2D eigenvalue weighted by Gasteiger charge is -2.14. The number of carbonyl (C=O) groups excluding carboxylic acids is 1. The van der Waals surface area contributed by atoms with Gasteiger partial charge in [-0.15, -0.1) is 0 Å². The van der Waals surface area contributed by atoms with Crippen LogP contribution < -0.4 is 10.1 Å². The second-order valence-electron chi connectivity index (χ2n) is 7.33. The molecule has 1 aromatic carbocycles. The van der Waals surface area contributed by atoms with Crippen molar-refractivity contribution in [1.82, 2.24) is 14.8 Å². The lowest BCUT2D eigenvalue weighted by Crippen LogP contribution is -2.22. The number of nitro groups is 1. The lowest BCUT2D eigenvalue weighted by molar-refractivity contribution is -0.390. The summed E-state index contributed by atoms with van der Waals surface area (Å²) in [5, 5.41) is 18.4. The summed E-state index contributed by atoms with van der Waals surface area (Å²) in [6.07, 6.45) is 1.29. The SMILES string of the molecule is CC(C)(C)c1cc(NC(=O)COc2cccnc2[N+](=O)[O-])n(-c2ccccc2)n1. The Hall–Kier alpha value is -3.75. The number of benzene rings is 1. The monoisotopic (exact) mass is 395 g/mol. The van der Waals surface area contributed by atoms with Gasteiger partial charge in [0.1, 0.15) is 12.0 Å². The van der Waals surface area contributed by atoms with Crippen LogP contribution in [-0.2, 0) is 10.2 Å². The molecule has 2 heterocycles. The minimum Gasteiger partial charge on any atom is -0.476 e. The minimum absolute atomic E-state index is 0.0698. The van der Waals surface area contributed by atoms with Crippen LogP contribution in [0.5, 0.6) is 5.75 Å². The van der Waals surface area contributed by atoms with Gasteiger partial charge in [-0.25, -0.2) is 4.68 Å². The number of anilines is 1. The fourth-order valence-corrected chi connectivity index (χ4v) is 2.56. The Morgan fingerprint density at radius 1 is 1.21 bits per heavy atom. The molecule has 29 heavy (non-hydrogen) atoms. The number of amides is 1. The molecule has 2 aromatic heterocycles. The van der Waals surface area contributed by atoms with E-state index in [0.29, 0.717) is 5.82 Å². The molecular formula is C20H21N5O4. The van der Waals surface area contributed by atoms with E-state index in [-0.39, 0.29) is 11.2 Å². The highest BCUT2D eigenvalue weighted by atomic mass is 16.6. The third-order valence-electron chi connectivity index (χ3n) is 4.03. The summed E-state index contributed by atoms with van der Waals surface area (Å²) in [6, 6.07) is 14.1. The number of rotatable bonds is 6. The zero-order valence-corrected chi connectivity index (χ0v) is 16.3. The highest BCUT2D eigenvalue weighted by Crippen LogP contribution is 2.26.